The van der Waals surface area contributed by atoms with Crippen molar-refractivity contribution >= 4 is 17.3 Å². The van der Waals surface area contributed by atoms with Crippen LogP contribution in [0.3, 0.4) is 0 Å². The number of hydrogen-bond donors (Lipinski definition) is 2. The molecule has 2 saturated carbocycles. The SMILES string of the molecule is S=C(NCCOC1CCCCC1)NC1CCCCC1. The smallest absolute Gasteiger partial charge is 0.166 e. The first-order valence-corrected chi connectivity index (χ1v) is 8.41. The highest BCUT2D eigenvalue weighted by Gasteiger charge is 2.14. The molecule has 2 aliphatic carbocycles. The molecule has 0 aromatic carbocycles. The third-order valence-corrected chi connectivity index (χ3v) is 4.50. The summed E-state index contributed by atoms with van der Waals surface area (Å²) in [5.41, 5.74) is 0. The standard InChI is InChI=1S/C15H28N2OS/c19-15(17-13-7-3-1-4-8-13)16-11-12-18-14-9-5-2-6-10-14/h13-14H,1-12H2,(H2,16,17,19). The second-order valence-corrected chi connectivity index (χ2v) is 6.27. The summed E-state index contributed by atoms with van der Waals surface area (Å²) >= 11 is 5.33. The topological polar surface area (TPSA) is 33.3 Å². The van der Waals surface area contributed by atoms with Crippen molar-refractivity contribution in [1.82, 2.24) is 10.6 Å². The third kappa shape index (κ3) is 6.09. The van der Waals surface area contributed by atoms with E-state index in [1.54, 1.807) is 0 Å². The fraction of sp³-hybridized carbons (Fsp3) is 0.933. The zero-order valence-electron chi connectivity index (χ0n) is 12.0. The molecule has 0 atom stereocenters. The van der Waals surface area contributed by atoms with Gasteiger partial charge in [0.05, 0.1) is 12.7 Å². The number of nitrogens with one attached hydrogen (secondary N) is 2. The normalized spacial score (nSPS) is 22.1. The largest absolute Gasteiger partial charge is 0.376 e. The summed E-state index contributed by atoms with van der Waals surface area (Å²) in [5.74, 6) is 0. The van der Waals surface area contributed by atoms with Gasteiger partial charge in [0, 0.05) is 12.6 Å². The van der Waals surface area contributed by atoms with Crippen LogP contribution in [-0.4, -0.2) is 30.4 Å². The van der Waals surface area contributed by atoms with Gasteiger partial charge in [-0.25, -0.2) is 0 Å². The first-order chi connectivity index (χ1) is 9.34. The number of ether oxygens (including phenoxy) is 1. The molecule has 2 fully saturated rings. The second-order valence-electron chi connectivity index (χ2n) is 5.87. The van der Waals surface area contributed by atoms with E-state index in [4.69, 9.17) is 17.0 Å². The van der Waals surface area contributed by atoms with Crippen molar-refractivity contribution in [3.05, 3.63) is 0 Å². The molecule has 19 heavy (non-hydrogen) atoms. The van der Waals surface area contributed by atoms with E-state index >= 15 is 0 Å². The molecule has 0 aromatic rings. The minimum Gasteiger partial charge on any atom is -0.376 e. The van der Waals surface area contributed by atoms with Gasteiger partial charge in [0.25, 0.3) is 0 Å². The van der Waals surface area contributed by atoms with E-state index in [2.05, 4.69) is 10.6 Å². The van der Waals surface area contributed by atoms with Gasteiger partial charge in [-0.15, -0.1) is 0 Å². The molecule has 3 nitrogen and oxygen atoms in total. The van der Waals surface area contributed by atoms with Crippen molar-refractivity contribution in [2.24, 2.45) is 0 Å². The predicted molar refractivity (Wildman–Crippen MR) is 83.4 cm³/mol. The van der Waals surface area contributed by atoms with Crippen LogP contribution in [0.2, 0.25) is 0 Å². The highest BCUT2D eigenvalue weighted by atomic mass is 32.1. The number of hydrogen-bond acceptors (Lipinski definition) is 2. The summed E-state index contributed by atoms with van der Waals surface area (Å²) in [6.07, 6.45) is 13.6. The van der Waals surface area contributed by atoms with Crippen LogP contribution >= 0.6 is 12.2 Å². The van der Waals surface area contributed by atoms with Crippen LogP contribution in [0.5, 0.6) is 0 Å². The lowest BCUT2D eigenvalue weighted by Crippen LogP contribution is -2.43. The van der Waals surface area contributed by atoms with E-state index in [0.29, 0.717) is 12.1 Å². The Morgan fingerprint density at radius 2 is 1.58 bits per heavy atom. The molecule has 0 spiro atoms. The van der Waals surface area contributed by atoms with Crippen LogP contribution in [0.15, 0.2) is 0 Å². The average Bonchev–Trinajstić information content (AvgIpc) is 2.46. The predicted octanol–water partition coefficient (Wildman–Crippen LogP) is 3.13. The lowest BCUT2D eigenvalue weighted by molar-refractivity contribution is 0.0318. The molecular weight excluding hydrogens is 256 g/mol. The summed E-state index contributed by atoms with van der Waals surface area (Å²) in [6.45, 7) is 1.60. The van der Waals surface area contributed by atoms with Crippen molar-refractivity contribution in [2.45, 2.75) is 76.4 Å². The molecule has 0 aromatic heterocycles. The maximum Gasteiger partial charge on any atom is 0.166 e. The van der Waals surface area contributed by atoms with E-state index in [9.17, 15) is 0 Å². The third-order valence-electron chi connectivity index (χ3n) is 4.23. The van der Waals surface area contributed by atoms with Gasteiger partial charge in [0.1, 0.15) is 0 Å². The quantitative estimate of drug-likeness (QED) is 0.600. The van der Waals surface area contributed by atoms with Gasteiger partial charge >= 0.3 is 0 Å². The summed E-state index contributed by atoms with van der Waals surface area (Å²) < 4.78 is 5.87. The molecule has 0 aliphatic heterocycles. The molecule has 0 amide bonds. The summed E-state index contributed by atoms with van der Waals surface area (Å²) in [6, 6.07) is 0.591. The molecule has 0 unspecified atom stereocenters. The fourth-order valence-electron chi connectivity index (χ4n) is 3.11. The van der Waals surface area contributed by atoms with Crippen molar-refractivity contribution in [3.63, 3.8) is 0 Å². The van der Waals surface area contributed by atoms with Crippen LogP contribution in [0.4, 0.5) is 0 Å². The summed E-state index contributed by atoms with van der Waals surface area (Å²) in [7, 11) is 0. The summed E-state index contributed by atoms with van der Waals surface area (Å²) in [5, 5.41) is 7.49. The van der Waals surface area contributed by atoms with Gasteiger partial charge in [-0.05, 0) is 37.9 Å². The Morgan fingerprint density at radius 3 is 2.26 bits per heavy atom. The van der Waals surface area contributed by atoms with Gasteiger partial charge < -0.3 is 15.4 Å². The molecule has 0 heterocycles. The molecule has 0 radical (unpaired) electrons. The van der Waals surface area contributed by atoms with E-state index in [0.717, 1.165) is 18.3 Å². The Bertz CT molecular complexity index is 261. The minimum absolute atomic E-state index is 0.496. The highest BCUT2D eigenvalue weighted by molar-refractivity contribution is 7.80. The van der Waals surface area contributed by atoms with E-state index in [1.165, 1.54) is 64.2 Å². The maximum atomic E-state index is 5.87. The van der Waals surface area contributed by atoms with Gasteiger partial charge in [0.2, 0.25) is 0 Å². The van der Waals surface area contributed by atoms with Gasteiger partial charge in [0.15, 0.2) is 5.11 Å². The maximum absolute atomic E-state index is 5.87. The minimum atomic E-state index is 0.496. The first-order valence-electron chi connectivity index (χ1n) is 8.00. The van der Waals surface area contributed by atoms with E-state index in [1.807, 2.05) is 0 Å². The Hall–Kier alpha value is -0.350. The van der Waals surface area contributed by atoms with Gasteiger partial charge in [-0.2, -0.15) is 0 Å². The van der Waals surface area contributed by atoms with Crippen LogP contribution in [0.1, 0.15) is 64.2 Å². The number of thiocarbonyl (C=S) groups is 1. The molecule has 2 N–H and O–H groups in total. The van der Waals surface area contributed by atoms with Crippen LogP contribution < -0.4 is 10.6 Å². The Morgan fingerprint density at radius 1 is 0.947 bits per heavy atom. The van der Waals surface area contributed by atoms with Crippen molar-refractivity contribution in [1.29, 1.82) is 0 Å². The Kier molecular flexibility index (Phi) is 6.93. The second kappa shape index (κ2) is 8.75. The Labute approximate surface area is 122 Å². The zero-order valence-corrected chi connectivity index (χ0v) is 12.8. The molecule has 0 saturated heterocycles. The van der Waals surface area contributed by atoms with Crippen LogP contribution in [0.25, 0.3) is 0 Å². The molecule has 2 rings (SSSR count). The fourth-order valence-corrected chi connectivity index (χ4v) is 3.37. The molecular formula is C15H28N2OS. The van der Waals surface area contributed by atoms with Gasteiger partial charge in [-0.1, -0.05) is 38.5 Å². The van der Waals surface area contributed by atoms with Crippen molar-refractivity contribution < 1.29 is 4.74 Å². The molecule has 4 heteroatoms. The Balaban J connectivity index is 1.48. The average molecular weight is 284 g/mol. The summed E-state index contributed by atoms with van der Waals surface area (Å²) in [4.78, 5) is 0. The monoisotopic (exact) mass is 284 g/mol. The van der Waals surface area contributed by atoms with Crippen molar-refractivity contribution in [3.8, 4) is 0 Å². The first kappa shape index (κ1) is 15.0. The number of rotatable bonds is 5. The molecule has 0 bridgehead atoms. The molecule has 110 valence electrons. The van der Waals surface area contributed by atoms with Gasteiger partial charge in [-0.3, -0.25) is 0 Å². The zero-order chi connectivity index (χ0) is 13.3. The van der Waals surface area contributed by atoms with Crippen molar-refractivity contribution in [2.75, 3.05) is 13.2 Å². The lowest BCUT2D eigenvalue weighted by atomic mass is 9.96. The van der Waals surface area contributed by atoms with Crippen LogP contribution in [0, 0.1) is 0 Å². The molecule has 2 aliphatic rings. The van der Waals surface area contributed by atoms with E-state index in [-0.39, 0.29) is 0 Å². The lowest BCUT2D eigenvalue weighted by Gasteiger charge is -2.25. The van der Waals surface area contributed by atoms with Crippen LogP contribution in [-0.2, 0) is 4.74 Å². The van der Waals surface area contributed by atoms with E-state index < -0.39 is 0 Å². The highest BCUT2D eigenvalue weighted by Crippen LogP contribution is 2.20.